The zero-order chi connectivity index (χ0) is 14.2. The van der Waals surface area contributed by atoms with Gasteiger partial charge in [-0.25, -0.2) is 0 Å². The molecule has 0 radical (unpaired) electrons. The Balaban J connectivity index is 2.36. The van der Waals surface area contributed by atoms with E-state index in [1.54, 1.807) is 6.20 Å². The van der Waals surface area contributed by atoms with Crippen LogP contribution >= 0.6 is 0 Å². The molecule has 2 heterocycles. The van der Waals surface area contributed by atoms with Crippen LogP contribution < -0.4 is 5.32 Å². The van der Waals surface area contributed by atoms with E-state index in [4.69, 9.17) is 0 Å². The Kier molecular flexibility index (Phi) is 3.05. The average Bonchev–Trinajstić information content (AvgIpc) is 2.60. The van der Waals surface area contributed by atoms with Gasteiger partial charge < -0.3 is 5.32 Å². The van der Waals surface area contributed by atoms with Crippen LogP contribution in [0.2, 0.25) is 0 Å². The van der Waals surface area contributed by atoms with E-state index >= 15 is 0 Å². The molecular weight excluding hydrogens is 248 g/mol. The number of hydrogen-bond donors (Lipinski definition) is 1. The van der Waals surface area contributed by atoms with E-state index in [0.29, 0.717) is 0 Å². The highest BCUT2D eigenvalue weighted by molar-refractivity contribution is 6.05. The van der Waals surface area contributed by atoms with E-state index in [2.05, 4.69) is 30.2 Å². The molecule has 0 atom stereocenters. The summed E-state index contributed by atoms with van der Waals surface area (Å²) in [7, 11) is 0. The SMILES string of the molecule is CCC1(CC)C(=O)Nc2ccccc2-c2cccnc21. The molecule has 1 aliphatic rings. The summed E-state index contributed by atoms with van der Waals surface area (Å²) in [4.78, 5) is 17.3. The fraction of sp³-hybridized carbons (Fsp3) is 0.294. The number of rotatable bonds is 2. The quantitative estimate of drug-likeness (QED) is 0.899. The number of carbonyl (C=O) groups excluding carboxylic acids is 1. The molecule has 1 aromatic carbocycles. The first kappa shape index (κ1) is 12.9. The third-order valence-corrected chi connectivity index (χ3v) is 4.37. The molecule has 1 aliphatic heterocycles. The highest BCUT2D eigenvalue weighted by Crippen LogP contribution is 2.42. The number of pyridine rings is 1. The van der Waals surface area contributed by atoms with Gasteiger partial charge in [-0.2, -0.15) is 0 Å². The van der Waals surface area contributed by atoms with Crippen molar-refractivity contribution in [2.75, 3.05) is 5.32 Å². The van der Waals surface area contributed by atoms with Gasteiger partial charge in [-0.15, -0.1) is 0 Å². The van der Waals surface area contributed by atoms with Crippen molar-refractivity contribution >= 4 is 11.6 Å². The van der Waals surface area contributed by atoms with E-state index in [0.717, 1.165) is 35.3 Å². The summed E-state index contributed by atoms with van der Waals surface area (Å²) >= 11 is 0. The third kappa shape index (κ3) is 1.66. The highest BCUT2D eigenvalue weighted by Gasteiger charge is 2.42. The van der Waals surface area contributed by atoms with Gasteiger partial charge in [-0.05, 0) is 25.0 Å². The molecule has 0 unspecified atom stereocenters. The monoisotopic (exact) mass is 266 g/mol. The molecule has 0 spiro atoms. The maximum Gasteiger partial charge on any atom is 0.236 e. The zero-order valence-electron chi connectivity index (χ0n) is 11.8. The minimum Gasteiger partial charge on any atom is -0.325 e. The zero-order valence-corrected chi connectivity index (χ0v) is 11.8. The number of nitrogens with zero attached hydrogens (tertiary/aromatic N) is 1. The molecule has 2 aromatic rings. The lowest BCUT2D eigenvalue weighted by Crippen LogP contribution is -2.39. The smallest absolute Gasteiger partial charge is 0.236 e. The predicted octanol–water partition coefficient (Wildman–Crippen LogP) is 3.76. The van der Waals surface area contributed by atoms with Gasteiger partial charge in [0.25, 0.3) is 0 Å². The van der Waals surface area contributed by atoms with E-state index < -0.39 is 5.41 Å². The maximum absolute atomic E-state index is 12.8. The van der Waals surface area contributed by atoms with E-state index in [-0.39, 0.29) is 5.91 Å². The second-order valence-corrected chi connectivity index (χ2v) is 5.19. The van der Waals surface area contributed by atoms with Crippen LogP contribution in [0.15, 0.2) is 42.6 Å². The van der Waals surface area contributed by atoms with Crippen molar-refractivity contribution in [1.29, 1.82) is 0 Å². The molecule has 102 valence electrons. The molecule has 1 N–H and O–H groups in total. The molecule has 0 aliphatic carbocycles. The second-order valence-electron chi connectivity index (χ2n) is 5.19. The Bertz CT molecular complexity index is 660. The number of aromatic nitrogens is 1. The molecule has 1 amide bonds. The van der Waals surface area contributed by atoms with Crippen molar-refractivity contribution in [2.45, 2.75) is 32.1 Å². The van der Waals surface area contributed by atoms with Crippen LogP contribution in [0.3, 0.4) is 0 Å². The first-order chi connectivity index (χ1) is 9.73. The Hall–Kier alpha value is -2.16. The number of fused-ring (bicyclic) bond motifs is 3. The number of nitrogens with one attached hydrogen (secondary N) is 1. The molecule has 3 heteroatoms. The van der Waals surface area contributed by atoms with Crippen LogP contribution in [0.1, 0.15) is 32.4 Å². The highest BCUT2D eigenvalue weighted by atomic mass is 16.2. The van der Waals surface area contributed by atoms with Crippen LogP contribution in [-0.2, 0) is 10.2 Å². The first-order valence-corrected chi connectivity index (χ1v) is 7.09. The molecule has 0 bridgehead atoms. The average molecular weight is 266 g/mol. The number of amides is 1. The van der Waals surface area contributed by atoms with Crippen LogP contribution in [0.4, 0.5) is 5.69 Å². The predicted molar refractivity (Wildman–Crippen MR) is 80.6 cm³/mol. The van der Waals surface area contributed by atoms with E-state index in [1.807, 2.05) is 30.3 Å². The summed E-state index contributed by atoms with van der Waals surface area (Å²) in [5.41, 5.74) is 3.33. The number of anilines is 1. The molecule has 0 saturated heterocycles. The number of para-hydroxylation sites is 1. The fourth-order valence-corrected chi connectivity index (χ4v) is 3.09. The van der Waals surface area contributed by atoms with Gasteiger partial charge >= 0.3 is 0 Å². The Morgan fingerprint density at radius 3 is 2.50 bits per heavy atom. The van der Waals surface area contributed by atoms with Crippen LogP contribution in [0.25, 0.3) is 11.1 Å². The van der Waals surface area contributed by atoms with Gasteiger partial charge in [0.2, 0.25) is 5.91 Å². The molecule has 3 rings (SSSR count). The van der Waals surface area contributed by atoms with Gasteiger partial charge in [0.15, 0.2) is 0 Å². The summed E-state index contributed by atoms with van der Waals surface area (Å²) in [6, 6.07) is 11.9. The van der Waals surface area contributed by atoms with Crippen LogP contribution in [0.5, 0.6) is 0 Å². The maximum atomic E-state index is 12.8. The topological polar surface area (TPSA) is 42.0 Å². The van der Waals surface area contributed by atoms with Gasteiger partial charge in [-0.3, -0.25) is 9.78 Å². The summed E-state index contributed by atoms with van der Waals surface area (Å²) in [5, 5.41) is 3.08. The van der Waals surface area contributed by atoms with Gasteiger partial charge in [0, 0.05) is 23.0 Å². The van der Waals surface area contributed by atoms with Crippen LogP contribution in [0, 0.1) is 0 Å². The van der Waals surface area contributed by atoms with Crippen molar-refractivity contribution in [3.63, 3.8) is 0 Å². The van der Waals surface area contributed by atoms with Gasteiger partial charge in [0.1, 0.15) is 0 Å². The van der Waals surface area contributed by atoms with Gasteiger partial charge in [-0.1, -0.05) is 38.1 Å². The largest absolute Gasteiger partial charge is 0.325 e. The lowest BCUT2D eigenvalue weighted by molar-refractivity contribution is -0.122. The normalized spacial score (nSPS) is 15.8. The summed E-state index contributed by atoms with van der Waals surface area (Å²) in [5.74, 6) is 0.0485. The molecule has 0 fully saturated rings. The summed E-state index contributed by atoms with van der Waals surface area (Å²) in [6.07, 6.45) is 3.26. The van der Waals surface area contributed by atoms with E-state index in [9.17, 15) is 4.79 Å². The standard InChI is InChI=1S/C17H18N2O/c1-3-17(4-2)15-13(9-7-11-18-15)12-8-5-6-10-14(12)19-16(17)20/h5-11H,3-4H2,1-2H3,(H,19,20). The van der Waals surface area contributed by atoms with Crippen molar-refractivity contribution in [3.05, 3.63) is 48.3 Å². The first-order valence-electron chi connectivity index (χ1n) is 7.09. The van der Waals surface area contributed by atoms with Crippen molar-refractivity contribution in [2.24, 2.45) is 0 Å². The Morgan fingerprint density at radius 2 is 1.75 bits per heavy atom. The lowest BCUT2D eigenvalue weighted by Gasteiger charge is -2.29. The minimum absolute atomic E-state index is 0.0485. The number of benzene rings is 1. The van der Waals surface area contributed by atoms with Crippen molar-refractivity contribution in [3.8, 4) is 11.1 Å². The molecule has 0 saturated carbocycles. The number of carbonyl (C=O) groups is 1. The van der Waals surface area contributed by atoms with E-state index in [1.165, 1.54) is 0 Å². The molecular formula is C17H18N2O. The summed E-state index contributed by atoms with van der Waals surface area (Å²) in [6.45, 7) is 4.11. The Labute approximate surface area is 119 Å². The molecule has 3 nitrogen and oxygen atoms in total. The fourth-order valence-electron chi connectivity index (χ4n) is 3.09. The number of hydrogen-bond acceptors (Lipinski definition) is 2. The second kappa shape index (κ2) is 4.75. The minimum atomic E-state index is -0.546. The van der Waals surface area contributed by atoms with Crippen molar-refractivity contribution in [1.82, 2.24) is 4.98 Å². The Morgan fingerprint density at radius 1 is 1.05 bits per heavy atom. The lowest BCUT2D eigenvalue weighted by atomic mass is 9.76. The summed E-state index contributed by atoms with van der Waals surface area (Å²) < 4.78 is 0. The van der Waals surface area contributed by atoms with Crippen LogP contribution in [-0.4, -0.2) is 10.9 Å². The van der Waals surface area contributed by atoms with Crippen molar-refractivity contribution < 1.29 is 4.79 Å². The molecule has 20 heavy (non-hydrogen) atoms. The van der Waals surface area contributed by atoms with Gasteiger partial charge in [0.05, 0.1) is 11.1 Å². The molecule has 1 aromatic heterocycles. The third-order valence-electron chi connectivity index (χ3n) is 4.37.